The molecule has 1 aliphatic carbocycles. The van der Waals surface area contributed by atoms with E-state index >= 15 is 0 Å². The number of rotatable bonds is 6. The van der Waals surface area contributed by atoms with E-state index in [1.54, 1.807) is 0 Å². The van der Waals surface area contributed by atoms with Gasteiger partial charge in [-0.15, -0.1) is 0 Å². The van der Waals surface area contributed by atoms with Crippen molar-refractivity contribution < 1.29 is 14.3 Å². The van der Waals surface area contributed by atoms with E-state index in [9.17, 15) is 9.59 Å². The lowest BCUT2D eigenvalue weighted by atomic mass is 9.98. The summed E-state index contributed by atoms with van der Waals surface area (Å²) in [5.41, 5.74) is 3.05. The van der Waals surface area contributed by atoms with E-state index in [-0.39, 0.29) is 24.5 Å². The van der Waals surface area contributed by atoms with E-state index in [2.05, 4.69) is 10.2 Å². The molecule has 1 aliphatic heterocycles. The van der Waals surface area contributed by atoms with Gasteiger partial charge in [0.05, 0.1) is 12.6 Å². The van der Waals surface area contributed by atoms with E-state index in [0.717, 1.165) is 42.7 Å². The molecule has 1 aromatic carbocycles. The molecule has 6 nitrogen and oxygen atoms in total. The number of para-hydroxylation sites is 1. The van der Waals surface area contributed by atoms with E-state index in [0.29, 0.717) is 19.6 Å². The second-order valence-corrected chi connectivity index (χ2v) is 8.04. The third kappa shape index (κ3) is 5.79. The fourth-order valence-corrected chi connectivity index (χ4v) is 4.06. The number of benzene rings is 1. The smallest absolute Gasteiger partial charge is 0.248 e. The van der Waals surface area contributed by atoms with E-state index < -0.39 is 0 Å². The number of hydrogen-bond acceptors (Lipinski definition) is 4. The molecule has 0 atom stereocenters. The Kier molecular flexibility index (Phi) is 7.45. The van der Waals surface area contributed by atoms with Crippen LogP contribution in [-0.4, -0.2) is 67.0 Å². The van der Waals surface area contributed by atoms with Crippen LogP contribution in [0.3, 0.4) is 0 Å². The predicted octanol–water partition coefficient (Wildman–Crippen LogP) is 2.74. The summed E-state index contributed by atoms with van der Waals surface area (Å²) in [4.78, 5) is 28.8. The molecule has 1 aromatic rings. The molecule has 1 N–H and O–H groups in total. The summed E-state index contributed by atoms with van der Waals surface area (Å²) in [6.07, 6.45) is 6.12. The zero-order chi connectivity index (χ0) is 19.9. The van der Waals surface area contributed by atoms with Crippen LogP contribution in [-0.2, 0) is 14.3 Å². The lowest BCUT2D eigenvalue weighted by molar-refractivity contribution is -0.140. The molecular formula is C22H33N3O3. The monoisotopic (exact) mass is 387 g/mol. The first-order valence-electron chi connectivity index (χ1n) is 10.5. The molecule has 0 radical (unpaired) electrons. The SMILES string of the molecule is Cc1cccc(C)c1NC(=O)CN1CCN(C(=O)COC2CCCCC2)CC1. The summed E-state index contributed by atoms with van der Waals surface area (Å²) in [5, 5.41) is 3.04. The van der Waals surface area contributed by atoms with E-state index in [1.807, 2.05) is 36.9 Å². The van der Waals surface area contributed by atoms with Crippen molar-refractivity contribution in [2.75, 3.05) is 44.6 Å². The van der Waals surface area contributed by atoms with Gasteiger partial charge in [0.25, 0.3) is 0 Å². The number of ether oxygens (including phenoxy) is 1. The molecular weight excluding hydrogens is 354 g/mol. The maximum absolute atomic E-state index is 12.4. The number of hydrogen-bond donors (Lipinski definition) is 1. The fourth-order valence-electron chi connectivity index (χ4n) is 4.06. The molecule has 2 aliphatic rings. The van der Waals surface area contributed by atoms with Gasteiger partial charge in [0.1, 0.15) is 6.61 Å². The maximum atomic E-state index is 12.4. The number of aryl methyl sites for hydroxylation is 2. The zero-order valence-corrected chi connectivity index (χ0v) is 17.2. The highest BCUT2D eigenvalue weighted by atomic mass is 16.5. The average molecular weight is 388 g/mol. The molecule has 1 saturated heterocycles. The Morgan fingerprint density at radius 2 is 1.68 bits per heavy atom. The summed E-state index contributed by atoms with van der Waals surface area (Å²) >= 11 is 0. The zero-order valence-electron chi connectivity index (χ0n) is 17.2. The number of piperazine rings is 1. The highest BCUT2D eigenvalue weighted by Gasteiger charge is 2.24. The van der Waals surface area contributed by atoms with Crippen LogP contribution < -0.4 is 5.32 Å². The second-order valence-electron chi connectivity index (χ2n) is 8.04. The van der Waals surface area contributed by atoms with Crippen molar-refractivity contribution in [1.29, 1.82) is 0 Å². The van der Waals surface area contributed by atoms with E-state index in [4.69, 9.17) is 4.74 Å². The summed E-state index contributed by atoms with van der Waals surface area (Å²) in [6.45, 7) is 7.30. The van der Waals surface area contributed by atoms with Crippen LogP contribution in [0.15, 0.2) is 18.2 Å². The number of nitrogens with one attached hydrogen (secondary N) is 1. The molecule has 0 unspecified atom stereocenters. The predicted molar refractivity (Wildman–Crippen MR) is 110 cm³/mol. The van der Waals surface area contributed by atoms with Crippen molar-refractivity contribution >= 4 is 17.5 Å². The van der Waals surface area contributed by atoms with Gasteiger partial charge in [-0.3, -0.25) is 14.5 Å². The summed E-state index contributed by atoms with van der Waals surface area (Å²) in [5.74, 6) is 0.0722. The van der Waals surface area contributed by atoms with E-state index in [1.165, 1.54) is 19.3 Å². The number of carbonyl (C=O) groups is 2. The van der Waals surface area contributed by atoms with Gasteiger partial charge in [-0.25, -0.2) is 0 Å². The van der Waals surface area contributed by atoms with Gasteiger partial charge in [-0.05, 0) is 37.8 Å². The molecule has 0 bridgehead atoms. The Bertz CT molecular complexity index is 657. The van der Waals surface area contributed by atoms with Gasteiger partial charge in [0, 0.05) is 31.9 Å². The van der Waals surface area contributed by atoms with Crippen LogP contribution in [0, 0.1) is 13.8 Å². The third-order valence-corrected chi connectivity index (χ3v) is 5.83. The van der Waals surface area contributed by atoms with Gasteiger partial charge in [-0.2, -0.15) is 0 Å². The van der Waals surface area contributed by atoms with Crippen LogP contribution in [0.25, 0.3) is 0 Å². The van der Waals surface area contributed by atoms with Crippen LogP contribution >= 0.6 is 0 Å². The van der Waals surface area contributed by atoms with Crippen LogP contribution in [0.1, 0.15) is 43.2 Å². The van der Waals surface area contributed by atoms with Crippen LogP contribution in [0.2, 0.25) is 0 Å². The van der Waals surface area contributed by atoms with Crippen molar-refractivity contribution in [2.24, 2.45) is 0 Å². The Morgan fingerprint density at radius 3 is 2.32 bits per heavy atom. The Morgan fingerprint density at radius 1 is 1.04 bits per heavy atom. The Labute approximate surface area is 168 Å². The Hall–Kier alpha value is -1.92. The van der Waals surface area contributed by atoms with Gasteiger partial charge in [0.2, 0.25) is 11.8 Å². The molecule has 0 spiro atoms. The molecule has 0 aromatic heterocycles. The quantitative estimate of drug-likeness (QED) is 0.815. The first-order chi connectivity index (χ1) is 13.5. The number of anilines is 1. The minimum atomic E-state index is -0.00203. The third-order valence-electron chi connectivity index (χ3n) is 5.83. The average Bonchev–Trinajstić information content (AvgIpc) is 2.70. The first-order valence-corrected chi connectivity index (χ1v) is 10.5. The molecule has 2 amide bonds. The number of amides is 2. The van der Waals surface area contributed by atoms with Crippen molar-refractivity contribution in [3.05, 3.63) is 29.3 Å². The highest BCUT2D eigenvalue weighted by molar-refractivity contribution is 5.93. The first kappa shape index (κ1) is 20.8. The van der Waals surface area contributed by atoms with Gasteiger partial charge >= 0.3 is 0 Å². The lowest BCUT2D eigenvalue weighted by Crippen LogP contribution is -2.51. The molecule has 154 valence electrons. The Balaban J connectivity index is 1.38. The van der Waals surface area contributed by atoms with Gasteiger partial charge < -0.3 is 15.0 Å². The van der Waals surface area contributed by atoms with Crippen LogP contribution in [0.4, 0.5) is 5.69 Å². The van der Waals surface area contributed by atoms with Crippen molar-refractivity contribution in [1.82, 2.24) is 9.80 Å². The van der Waals surface area contributed by atoms with Gasteiger partial charge in [-0.1, -0.05) is 37.5 Å². The van der Waals surface area contributed by atoms with Gasteiger partial charge in [0.15, 0.2) is 0 Å². The van der Waals surface area contributed by atoms with Crippen molar-refractivity contribution in [3.63, 3.8) is 0 Å². The standard InChI is InChI=1S/C22H33N3O3/c1-17-7-6-8-18(2)22(17)23-20(26)15-24-11-13-25(14-12-24)21(27)16-28-19-9-4-3-5-10-19/h6-8,19H,3-5,9-16H2,1-2H3,(H,23,26). The van der Waals surface area contributed by atoms with Crippen molar-refractivity contribution in [2.45, 2.75) is 52.1 Å². The normalized spacial score (nSPS) is 18.9. The maximum Gasteiger partial charge on any atom is 0.248 e. The number of nitrogens with zero attached hydrogens (tertiary/aromatic N) is 2. The fraction of sp³-hybridized carbons (Fsp3) is 0.636. The molecule has 1 heterocycles. The highest BCUT2D eigenvalue weighted by Crippen LogP contribution is 2.21. The second kappa shape index (κ2) is 10.0. The summed E-state index contributed by atoms with van der Waals surface area (Å²) in [7, 11) is 0. The molecule has 1 saturated carbocycles. The topological polar surface area (TPSA) is 61.9 Å². The minimum absolute atomic E-state index is 0.00203. The summed E-state index contributed by atoms with van der Waals surface area (Å²) < 4.78 is 5.81. The van der Waals surface area contributed by atoms with Crippen LogP contribution in [0.5, 0.6) is 0 Å². The molecule has 3 rings (SSSR count). The van der Waals surface area contributed by atoms with Crippen molar-refractivity contribution in [3.8, 4) is 0 Å². The summed E-state index contributed by atoms with van der Waals surface area (Å²) in [6, 6.07) is 6.00. The lowest BCUT2D eigenvalue weighted by Gasteiger charge is -2.34. The largest absolute Gasteiger partial charge is 0.368 e. The minimum Gasteiger partial charge on any atom is -0.368 e. The number of carbonyl (C=O) groups excluding carboxylic acids is 2. The molecule has 6 heteroatoms. The molecule has 28 heavy (non-hydrogen) atoms. The molecule has 2 fully saturated rings.